The third kappa shape index (κ3) is 2.81. The maximum Gasteiger partial charge on any atom is 0.231 e. The highest BCUT2D eigenvalue weighted by atomic mass is 32.2. The Bertz CT molecular complexity index is 673. The second-order valence-electron chi connectivity index (χ2n) is 5.16. The molecule has 0 aliphatic carbocycles. The topological polar surface area (TPSA) is 98.9 Å². The van der Waals surface area contributed by atoms with Gasteiger partial charge in [-0.15, -0.1) is 0 Å². The van der Waals surface area contributed by atoms with E-state index in [1.54, 1.807) is 0 Å². The van der Waals surface area contributed by atoms with Crippen molar-refractivity contribution in [3.63, 3.8) is 0 Å². The number of sulfonamides is 1. The minimum atomic E-state index is -3.67. The molecule has 2 heterocycles. The van der Waals surface area contributed by atoms with Crippen molar-refractivity contribution in [2.45, 2.75) is 18.1 Å². The number of hydrogen-bond acceptors (Lipinski definition) is 5. The fourth-order valence-corrected chi connectivity index (χ4v) is 3.38. The summed E-state index contributed by atoms with van der Waals surface area (Å²) in [5.41, 5.74) is 0.942. The van der Waals surface area contributed by atoms with Gasteiger partial charge < -0.3 is 14.4 Å². The molecule has 0 aromatic heterocycles. The predicted molar refractivity (Wildman–Crippen MR) is 74.4 cm³/mol. The first-order valence-electron chi connectivity index (χ1n) is 6.62. The van der Waals surface area contributed by atoms with Crippen LogP contribution in [0.4, 0.5) is 0 Å². The first-order chi connectivity index (χ1) is 9.95. The Morgan fingerprint density at radius 2 is 2.14 bits per heavy atom. The number of nitrogens with zero attached hydrogens (tertiary/aromatic N) is 1. The van der Waals surface area contributed by atoms with E-state index in [4.69, 9.17) is 14.6 Å². The number of fused-ring (bicyclic) bond motifs is 1. The van der Waals surface area contributed by atoms with E-state index in [-0.39, 0.29) is 25.7 Å². The van der Waals surface area contributed by atoms with Crippen molar-refractivity contribution >= 4 is 15.9 Å². The largest absolute Gasteiger partial charge is 0.454 e. The molecule has 0 spiro atoms. The zero-order chi connectivity index (χ0) is 15.0. The number of benzene rings is 1. The molecule has 0 bridgehead atoms. The van der Waals surface area contributed by atoms with Crippen LogP contribution in [-0.2, 0) is 21.2 Å². The van der Waals surface area contributed by atoms with E-state index in [0.717, 1.165) is 5.56 Å². The summed E-state index contributed by atoms with van der Waals surface area (Å²) in [5.74, 6) is 1.22. The van der Waals surface area contributed by atoms with Gasteiger partial charge in [-0.2, -0.15) is 0 Å². The molecule has 1 aromatic carbocycles. The van der Waals surface area contributed by atoms with Crippen molar-refractivity contribution < 1.29 is 22.7 Å². The first-order valence-corrected chi connectivity index (χ1v) is 8.23. The van der Waals surface area contributed by atoms with E-state index in [0.29, 0.717) is 24.5 Å². The molecule has 1 unspecified atom stereocenters. The molecule has 8 heteroatoms. The number of likely N-dealkylation sites (tertiary alicyclic amines) is 1. The van der Waals surface area contributed by atoms with E-state index in [9.17, 15) is 13.2 Å². The average Bonchev–Trinajstić information content (AvgIpc) is 3.02. The Kier molecular flexibility index (Phi) is 3.50. The molecule has 1 saturated heterocycles. The summed E-state index contributed by atoms with van der Waals surface area (Å²) in [4.78, 5) is 13.4. The van der Waals surface area contributed by atoms with Crippen molar-refractivity contribution in [1.29, 1.82) is 0 Å². The van der Waals surface area contributed by atoms with Crippen molar-refractivity contribution in [2.75, 3.05) is 19.9 Å². The summed E-state index contributed by atoms with van der Waals surface area (Å²) in [5, 5.41) is 4.30. The molecule has 0 saturated carbocycles. The lowest BCUT2D eigenvalue weighted by atomic mass is 10.1. The Morgan fingerprint density at radius 1 is 1.33 bits per heavy atom. The molecule has 1 atom stereocenters. The van der Waals surface area contributed by atoms with Crippen LogP contribution < -0.4 is 14.6 Å². The number of carbonyl (C=O) groups excluding carboxylic acids is 1. The van der Waals surface area contributed by atoms with Crippen LogP contribution in [0.5, 0.6) is 11.5 Å². The molecule has 1 aromatic rings. The second kappa shape index (κ2) is 5.19. The Balaban J connectivity index is 1.66. The molecule has 2 aliphatic heterocycles. The SMILES string of the molecule is NS(=O)(=O)C1CC(=O)N(CCc2cccc3c2OCO3)C1. The van der Waals surface area contributed by atoms with E-state index >= 15 is 0 Å². The molecule has 21 heavy (non-hydrogen) atoms. The lowest BCUT2D eigenvalue weighted by molar-refractivity contribution is -0.127. The van der Waals surface area contributed by atoms with Gasteiger partial charge in [0.1, 0.15) is 5.25 Å². The van der Waals surface area contributed by atoms with Gasteiger partial charge in [0.2, 0.25) is 22.7 Å². The van der Waals surface area contributed by atoms with E-state index < -0.39 is 15.3 Å². The minimum absolute atomic E-state index is 0.0364. The van der Waals surface area contributed by atoms with Crippen molar-refractivity contribution in [3.8, 4) is 11.5 Å². The molecule has 2 N–H and O–H groups in total. The first kappa shape index (κ1) is 14.2. The number of nitrogens with two attached hydrogens (primary N) is 1. The van der Waals surface area contributed by atoms with Crippen LogP contribution in [-0.4, -0.2) is 44.4 Å². The monoisotopic (exact) mass is 312 g/mol. The summed E-state index contributed by atoms with van der Waals surface area (Å²) < 4.78 is 33.3. The van der Waals surface area contributed by atoms with Gasteiger partial charge in [0, 0.05) is 19.5 Å². The summed E-state index contributed by atoms with van der Waals surface area (Å²) in [6.07, 6.45) is 0.543. The summed E-state index contributed by atoms with van der Waals surface area (Å²) >= 11 is 0. The van der Waals surface area contributed by atoms with Crippen molar-refractivity contribution in [3.05, 3.63) is 23.8 Å². The van der Waals surface area contributed by atoms with Crippen molar-refractivity contribution in [1.82, 2.24) is 4.90 Å². The zero-order valence-corrected chi connectivity index (χ0v) is 12.1. The highest BCUT2D eigenvalue weighted by molar-refractivity contribution is 7.89. The molecule has 7 nitrogen and oxygen atoms in total. The number of para-hydroxylation sites is 1. The molecule has 0 radical (unpaired) electrons. The standard InChI is InChI=1S/C13H16N2O5S/c14-21(17,18)10-6-12(16)15(7-10)5-4-9-2-1-3-11-13(9)20-8-19-11/h1-3,10H,4-8H2,(H2,14,17,18). The van der Waals surface area contributed by atoms with Crippen LogP contribution >= 0.6 is 0 Å². The highest BCUT2D eigenvalue weighted by Gasteiger charge is 2.36. The maximum absolute atomic E-state index is 11.8. The fourth-order valence-electron chi connectivity index (χ4n) is 2.61. The zero-order valence-electron chi connectivity index (χ0n) is 11.3. The van der Waals surface area contributed by atoms with Gasteiger partial charge in [0.05, 0.1) is 0 Å². The Labute approximate surface area is 122 Å². The number of hydrogen-bond donors (Lipinski definition) is 1. The smallest absolute Gasteiger partial charge is 0.231 e. The van der Waals surface area contributed by atoms with Crippen LogP contribution in [0, 0.1) is 0 Å². The number of ether oxygens (including phenoxy) is 2. The lowest BCUT2D eigenvalue weighted by Gasteiger charge is -2.16. The molecule has 3 rings (SSSR count). The normalized spacial score (nSPS) is 21.1. The Hall–Kier alpha value is -1.80. The van der Waals surface area contributed by atoms with Crippen LogP contribution in [0.2, 0.25) is 0 Å². The van der Waals surface area contributed by atoms with Gasteiger partial charge in [-0.3, -0.25) is 4.79 Å². The number of rotatable bonds is 4. The van der Waals surface area contributed by atoms with Crippen molar-refractivity contribution in [2.24, 2.45) is 5.14 Å². The van der Waals surface area contributed by atoms with Crippen LogP contribution in [0.25, 0.3) is 0 Å². The average molecular weight is 312 g/mol. The molecular weight excluding hydrogens is 296 g/mol. The molecule has 114 valence electrons. The third-order valence-corrected chi connectivity index (χ3v) is 5.02. The third-order valence-electron chi connectivity index (χ3n) is 3.77. The van der Waals surface area contributed by atoms with Gasteiger partial charge >= 0.3 is 0 Å². The lowest BCUT2D eigenvalue weighted by Crippen LogP contribution is -2.33. The number of primary sulfonamides is 1. The number of amides is 1. The van der Waals surface area contributed by atoms with Gasteiger partial charge in [-0.1, -0.05) is 12.1 Å². The van der Waals surface area contributed by atoms with Gasteiger partial charge in [-0.05, 0) is 18.1 Å². The molecule has 1 fully saturated rings. The number of carbonyl (C=O) groups is 1. The van der Waals surface area contributed by atoms with Gasteiger partial charge in [-0.25, -0.2) is 13.6 Å². The second-order valence-corrected chi connectivity index (χ2v) is 7.00. The van der Waals surface area contributed by atoms with Gasteiger partial charge in [0.25, 0.3) is 0 Å². The predicted octanol–water partition coefficient (Wildman–Crippen LogP) is -0.153. The van der Waals surface area contributed by atoms with Crippen LogP contribution in [0.15, 0.2) is 18.2 Å². The van der Waals surface area contributed by atoms with Crippen LogP contribution in [0.1, 0.15) is 12.0 Å². The fraction of sp³-hybridized carbons (Fsp3) is 0.462. The van der Waals surface area contributed by atoms with E-state index in [1.165, 1.54) is 4.90 Å². The summed E-state index contributed by atoms with van der Waals surface area (Å²) in [7, 11) is -3.67. The van der Waals surface area contributed by atoms with Gasteiger partial charge in [0.15, 0.2) is 11.5 Å². The summed E-state index contributed by atoms with van der Waals surface area (Å²) in [6, 6.07) is 5.59. The molecule has 1 amide bonds. The Morgan fingerprint density at radius 3 is 2.86 bits per heavy atom. The summed E-state index contributed by atoms with van der Waals surface area (Å²) in [6.45, 7) is 0.789. The quantitative estimate of drug-likeness (QED) is 0.833. The van der Waals surface area contributed by atoms with E-state index in [1.807, 2.05) is 18.2 Å². The molecular formula is C13H16N2O5S. The van der Waals surface area contributed by atoms with Crippen LogP contribution in [0.3, 0.4) is 0 Å². The highest BCUT2D eigenvalue weighted by Crippen LogP contribution is 2.35. The maximum atomic E-state index is 11.8. The minimum Gasteiger partial charge on any atom is -0.454 e. The van der Waals surface area contributed by atoms with E-state index in [2.05, 4.69) is 0 Å². The molecule has 2 aliphatic rings.